The Morgan fingerprint density at radius 2 is 2.10 bits per heavy atom. The van der Waals surface area contributed by atoms with Gasteiger partial charge in [-0.05, 0) is 30.4 Å². The standard InChI is InChI=1S/C17H17N3S/c1-2-5-16(15(4-1)17-6-3-9-21-17)19-11-14-10-18-12-20(14)13-7-8-13/h1-6,9-10,12-13,19H,7-8,11H2. The number of aromatic nitrogens is 2. The quantitative estimate of drug-likeness (QED) is 0.748. The Labute approximate surface area is 128 Å². The number of imidazole rings is 1. The number of para-hydroxylation sites is 1. The van der Waals surface area contributed by atoms with E-state index in [-0.39, 0.29) is 0 Å². The molecule has 4 heteroatoms. The molecule has 0 unspecified atom stereocenters. The van der Waals surface area contributed by atoms with E-state index in [1.165, 1.54) is 34.7 Å². The average molecular weight is 295 g/mol. The Morgan fingerprint density at radius 3 is 2.90 bits per heavy atom. The molecule has 0 saturated heterocycles. The van der Waals surface area contributed by atoms with Gasteiger partial charge < -0.3 is 9.88 Å². The fourth-order valence-corrected chi connectivity index (χ4v) is 3.39. The van der Waals surface area contributed by atoms with Gasteiger partial charge in [-0.25, -0.2) is 4.98 Å². The van der Waals surface area contributed by atoms with Crippen LogP contribution in [0.2, 0.25) is 0 Å². The molecule has 0 spiro atoms. The van der Waals surface area contributed by atoms with Gasteiger partial charge in [-0.1, -0.05) is 24.3 Å². The smallest absolute Gasteiger partial charge is 0.0951 e. The van der Waals surface area contributed by atoms with Crippen molar-refractivity contribution in [3.05, 3.63) is 60.0 Å². The number of nitrogens with zero attached hydrogens (tertiary/aromatic N) is 2. The predicted molar refractivity (Wildman–Crippen MR) is 87.6 cm³/mol. The molecule has 21 heavy (non-hydrogen) atoms. The summed E-state index contributed by atoms with van der Waals surface area (Å²) in [7, 11) is 0. The van der Waals surface area contributed by atoms with Crippen molar-refractivity contribution in [2.45, 2.75) is 25.4 Å². The molecule has 0 aliphatic heterocycles. The van der Waals surface area contributed by atoms with Crippen molar-refractivity contribution in [3.8, 4) is 10.4 Å². The summed E-state index contributed by atoms with van der Waals surface area (Å²) in [6.45, 7) is 0.818. The summed E-state index contributed by atoms with van der Waals surface area (Å²) < 4.78 is 2.31. The summed E-state index contributed by atoms with van der Waals surface area (Å²) in [5.74, 6) is 0. The number of rotatable bonds is 5. The van der Waals surface area contributed by atoms with E-state index in [0.29, 0.717) is 6.04 Å². The number of anilines is 1. The highest BCUT2D eigenvalue weighted by Gasteiger charge is 2.25. The molecule has 4 rings (SSSR count). The van der Waals surface area contributed by atoms with Gasteiger partial charge in [0.2, 0.25) is 0 Å². The lowest BCUT2D eigenvalue weighted by Gasteiger charge is -2.12. The van der Waals surface area contributed by atoms with Gasteiger partial charge in [0.1, 0.15) is 0 Å². The van der Waals surface area contributed by atoms with Crippen LogP contribution in [0.5, 0.6) is 0 Å². The second kappa shape index (κ2) is 5.37. The first-order valence-electron chi connectivity index (χ1n) is 7.29. The number of nitrogens with one attached hydrogen (secondary N) is 1. The molecule has 1 aliphatic rings. The van der Waals surface area contributed by atoms with Gasteiger partial charge >= 0.3 is 0 Å². The van der Waals surface area contributed by atoms with E-state index in [1.54, 1.807) is 11.3 Å². The monoisotopic (exact) mass is 295 g/mol. The molecular formula is C17H17N3S. The number of hydrogen-bond donors (Lipinski definition) is 1. The van der Waals surface area contributed by atoms with Gasteiger partial charge in [-0.3, -0.25) is 0 Å². The normalized spacial score (nSPS) is 14.3. The van der Waals surface area contributed by atoms with Crippen molar-refractivity contribution in [3.63, 3.8) is 0 Å². The summed E-state index contributed by atoms with van der Waals surface area (Å²) in [6, 6.07) is 13.4. The molecule has 2 heterocycles. The van der Waals surface area contributed by atoms with Crippen molar-refractivity contribution in [1.82, 2.24) is 9.55 Å². The van der Waals surface area contributed by atoms with Crippen LogP contribution in [0.4, 0.5) is 5.69 Å². The van der Waals surface area contributed by atoms with Crippen molar-refractivity contribution < 1.29 is 0 Å². The Kier molecular flexibility index (Phi) is 3.24. The lowest BCUT2D eigenvalue weighted by atomic mass is 10.1. The molecule has 106 valence electrons. The fourth-order valence-electron chi connectivity index (χ4n) is 2.62. The Bertz CT molecular complexity index is 726. The summed E-state index contributed by atoms with van der Waals surface area (Å²) in [5.41, 5.74) is 3.71. The van der Waals surface area contributed by atoms with Crippen molar-refractivity contribution >= 4 is 17.0 Å². The van der Waals surface area contributed by atoms with Crippen LogP contribution in [0.15, 0.2) is 54.3 Å². The van der Waals surface area contributed by atoms with E-state index in [4.69, 9.17) is 0 Å². The molecule has 0 bridgehead atoms. The lowest BCUT2D eigenvalue weighted by Crippen LogP contribution is -2.06. The third-order valence-electron chi connectivity index (χ3n) is 3.86. The van der Waals surface area contributed by atoms with E-state index in [9.17, 15) is 0 Å². The van der Waals surface area contributed by atoms with E-state index >= 15 is 0 Å². The van der Waals surface area contributed by atoms with Gasteiger partial charge in [-0.15, -0.1) is 11.3 Å². The molecule has 0 radical (unpaired) electrons. The molecule has 1 aromatic carbocycles. The maximum Gasteiger partial charge on any atom is 0.0951 e. The first-order valence-corrected chi connectivity index (χ1v) is 8.17. The first-order chi connectivity index (χ1) is 10.4. The molecule has 0 amide bonds. The lowest BCUT2D eigenvalue weighted by molar-refractivity contribution is 0.701. The molecule has 1 fully saturated rings. The molecular weight excluding hydrogens is 278 g/mol. The minimum Gasteiger partial charge on any atom is -0.379 e. The number of thiophene rings is 1. The first kappa shape index (κ1) is 12.7. The minimum absolute atomic E-state index is 0.678. The molecule has 3 nitrogen and oxygen atoms in total. The van der Waals surface area contributed by atoms with Crippen molar-refractivity contribution in [2.24, 2.45) is 0 Å². The predicted octanol–water partition coefficient (Wildman–Crippen LogP) is 4.56. The molecule has 2 aromatic heterocycles. The van der Waals surface area contributed by atoms with Gasteiger partial charge in [0.05, 0.1) is 18.6 Å². The van der Waals surface area contributed by atoms with Crippen LogP contribution >= 0.6 is 11.3 Å². The van der Waals surface area contributed by atoms with Crippen molar-refractivity contribution in [1.29, 1.82) is 0 Å². The highest BCUT2D eigenvalue weighted by atomic mass is 32.1. The molecule has 1 aliphatic carbocycles. The zero-order valence-corrected chi connectivity index (χ0v) is 12.5. The van der Waals surface area contributed by atoms with E-state index in [0.717, 1.165) is 6.54 Å². The maximum atomic E-state index is 4.29. The summed E-state index contributed by atoms with van der Waals surface area (Å²) in [5, 5.41) is 5.69. The largest absolute Gasteiger partial charge is 0.379 e. The van der Waals surface area contributed by atoms with Crippen LogP contribution in [0, 0.1) is 0 Å². The second-order valence-corrected chi connectivity index (χ2v) is 6.35. The minimum atomic E-state index is 0.678. The molecule has 1 N–H and O–H groups in total. The molecule has 1 saturated carbocycles. The average Bonchev–Trinajstić information content (AvgIpc) is 3.04. The van der Waals surface area contributed by atoms with Crippen LogP contribution in [-0.2, 0) is 6.54 Å². The summed E-state index contributed by atoms with van der Waals surface area (Å²) >= 11 is 1.77. The number of hydrogen-bond acceptors (Lipinski definition) is 3. The van der Waals surface area contributed by atoms with Crippen molar-refractivity contribution in [2.75, 3.05) is 5.32 Å². The SMILES string of the molecule is c1csc(-c2ccccc2NCc2cncn2C2CC2)c1. The second-order valence-electron chi connectivity index (χ2n) is 5.40. The van der Waals surface area contributed by atoms with Crippen LogP contribution in [0.3, 0.4) is 0 Å². The highest BCUT2D eigenvalue weighted by Crippen LogP contribution is 2.36. The Morgan fingerprint density at radius 1 is 1.19 bits per heavy atom. The van der Waals surface area contributed by atoms with Gasteiger partial charge in [-0.2, -0.15) is 0 Å². The topological polar surface area (TPSA) is 29.9 Å². The zero-order chi connectivity index (χ0) is 14.1. The van der Waals surface area contributed by atoms with Crippen LogP contribution in [-0.4, -0.2) is 9.55 Å². The van der Waals surface area contributed by atoms with Gasteiger partial charge in [0, 0.05) is 28.4 Å². The van der Waals surface area contributed by atoms with E-state index < -0.39 is 0 Å². The van der Waals surface area contributed by atoms with Crippen LogP contribution in [0.25, 0.3) is 10.4 Å². The van der Waals surface area contributed by atoms with Gasteiger partial charge in [0.15, 0.2) is 0 Å². The van der Waals surface area contributed by atoms with Crippen LogP contribution < -0.4 is 5.32 Å². The molecule has 3 aromatic rings. The van der Waals surface area contributed by atoms with E-state index in [1.807, 2.05) is 12.5 Å². The maximum absolute atomic E-state index is 4.29. The number of benzene rings is 1. The molecule has 0 atom stereocenters. The van der Waals surface area contributed by atoms with E-state index in [2.05, 4.69) is 56.6 Å². The highest BCUT2D eigenvalue weighted by molar-refractivity contribution is 7.13. The fraction of sp³-hybridized carbons (Fsp3) is 0.235. The summed E-state index contributed by atoms with van der Waals surface area (Å²) in [6.07, 6.45) is 6.50. The third-order valence-corrected chi connectivity index (χ3v) is 4.76. The summed E-state index contributed by atoms with van der Waals surface area (Å²) in [4.78, 5) is 5.59. The van der Waals surface area contributed by atoms with Crippen LogP contribution in [0.1, 0.15) is 24.6 Å². The third kappa shape index (κ3) is 2.59. The zero-order valence-electron chi connectivity index (χ0n) is 11.7. The van der Waals surface area contributed by atoms with Gasteiger partial charge in [0.25, 0.3) is 0 Å². The Hall–Kier alpha value is -2.07. The Balaban J connectivity index is 1.56.